The normalized spacial score (nSPS) is 17.0. The molecule has 1 amide bonds. The lowest BCUT2D eigenvalue weighted by Crippen LogP contribution is -2.29. The number of hydrogen-bond acceptors (Lipinski definition) is 5. The largest absolute Gasteiger partial charge is 0.507 e. The Labute approximate surface area is 222 Å². The number of hydrogen-bond donors (Lipinski definition) is 1. The van der Waals surface area contributed by atoms with E-state index in [2.05, 4.69) is 0 Å². The van der Waals surface area contributed by atoms with E-state index in [1.807, 2.05) is 58.9 Å². The molecule has 1 fully saturated rings. The zero-order chi connectivity index (χ0) is 27.0. The summed E-state index contributed by atoms with van der Waals surface area (Å²) in [6.45, 7) is 9.58. The number of methoxy groups -OCH3 is 1. The van der Waals surface area contributed by atoms with Crippen molar-refractivity contribution in [2.45, 2.75) is 46.8 Å². The van der Waals surface area contributed by atoms with E-state index >= 15 is 0 Å². The molecule has 1 N–H and O–H groups in total. The zero-order valence-electron chi connectivity index (χ0n) is 21.8. The number of amides is 1. The Morgan fingerprint density at radius 2 is 1.73 bits per heavy atom. The number of anilines is 1. The van der Waals surface area contributed by atoms with E-state index in [9.17, 15) is 14.7 Å². The molecule has 4 rings (SSSR count). The molecule has 1 aliphatic heterocycles. The van der Waals surface area contributed by atoms with Gasteiger partial charge in [-0.2, -0.15) is 0 Å². The van der Waals surface area contributed by atoms with Gasteiger partial charge in [-0.05, 0) is 93.3 Å². The number of nitrogens with zero attached hydrogens (tertiary/aromatic N) is 1. The molecule has 0 bridgehead atoms. The topological polar surface area (TPSA) is 76.1 Å². The van der Waals surface area contributed by atoms with Crippen LogP contribution in [0.2, 0.25) is 5.02 Å². The van der Waals surface area contributed by atoms with Gasteiger partial charge in [0, 0.05) is 5.69 Å². The van der Waals surface area contributed by atoms with Gasteiger partial charge >= 0.3 is 0 Å². The maximum atomic E-state index is 13.6. The summed E-state index contributed by atoms with van der Waals surface area (Å²) in [6.07, 6.45) is -0.0694. The second-order valence-corrected chi connectivity index (χ2v) is 9.91. The Morgan fingerprint density at radius 3 is 2.38 bits per heavy atom. The first kappa shape index (κ1) is 26.3. The van der Waals surface area contributed by atoms with Crippen LogP contribution in [0.4, 0.5) is 5.69 Å². The molecule has 37 heavy (non-hydrogen) atoms. The van der Waals surface area contributed by atoms with Crippen LogP contribution in [0.3, 0.4) is 0 Å². The quantitative estimate of drug-likeness (QED) is 0.223. The van der Waals surface area contributed by atoms with Gasteiger partial charge < -0.3 is 14.6 Å². The van der Waals surface area contributed by atoms with Crippen LogP contribution in [-0.4, -0.2) is 30.0 Å². The predicted molar refractivity (Wildman–Crippen MR) is 146 cm³/mol. The Morgan fingerprint density at radius 1 is 1.00 bits per heavy atom. The molecule has 1 aliphatic rings. The number of aliphatic hydroxyl groups is 1. The van der Waals surface area contributed by atoms with E-state index in [0.717, 1.165) is 16.7 Å². The lowest BCUT2D eigenvalue weighted by Gasteiger charge is -2.26. The Balaban J connectivity index is 2.01. The molecule has 1 heterocycles. The van der Waals surface area contributed by atoms with Crippen LogP contribution in [-0.2, 0) is 9.59 Å². The number of benzene rings is 3. The van der Waals surface area contributed by atoms with Crippen molar-refractivity contribution in [3.05, 3.63) is 93.0 Å². The average Bonchev–Trinajstić information content (AvgIpc) is 3.10. The number of rotatable bonds is 6. The van der Waals surface area contributed by atoms with Crippen LogP contribution in [0.1, 0.15) is 47.7 Å². The average molecular weight is 520 g/mol. The van der Waals surface area contributed by atoms with E-state index < -0.39 is 17.7 Å². The molecular formula is C30H30ClNO5. The third-order valence-corrected chi connectivity index (χ3v) is 6.69. The van der Waals surface area contributed by atoms with Crippen LogP contribution in [0.5, 0.6) is 11.5 Å². The third kappa shape index (κ3) is 4.94. The van der Waals surface area contributed by atoms with Crippen molar-refractivity contribution in [1.29, 1.82) is 0 Å². The predicted octanol–water partition coefficient (Wildman–Crippen LogP) is 6.69. The minimum atomic E-state index is -0.901. The first-order valence-electron chi connectivity index (χ1n) is 12.0. The first-order valence-corrected chi connectivity index (χ1v) is 12.4. The monoisotopic (exact) mass is 519 g/mol. The summed E-state index contributed by atoms with van der Waals surface area (Å²) in [5.74, 6) is -1.07. The van der Waals surface area contributed by atoms with Crippen molar-refractivity contribution in [1.82, 2.24) is 0 Å². The van der Waals surface area contributed by atoms with E-state index in [1.165, 1.54) is 12.0 Å². The number of Topliss-reactive ketones (excluding diaryl/α,β-unsaturated/α-hetero) is 1. The summed E-state index contributed by atoms with van der Waals surface area (Å²) < 4.78 is 11.3. The van der Waals surface area contributed by atoms with Gasteiger partial charge in [-0.1, -0.05) is 29.8 Å². The molecule has 1 unspecified atom stereocenters. The molecule has 0 radical (unpaired) electrons. The summed E-state index contributed by atoms with van der Waals surface area (Å²) in [4.78, 5) is 28.5. The number of ketones is 1. The van der Waals surface area contributed by atoms with Gasteiger partial charge in [0.1, 0.15) is 17.3 Å². The summed E-state index contributed by atoms with van der Waals surface area (Å²) in [5.41, 5.74) is 4.16. The van der Waals surface area contributed by atoms with Gasteiger partial charge in [0.15, 0.2) is 0 Å². The fraction of sp³-hybridized carbons (Fsp3) is 0.267. The maximum absolute atomic E-state index is 13.6. The van der Waals surface area contributed by atoms with Crippen molar-refractivity contribution >= 4 is 34.7 Å². The number of carbonyl (C=O) groups excluding carboxylic acids is 2. The smallest absolute Gasteiger partial charge is 0.300 e. The van der Waals surface area contributed by atoms with E-state index in [-0.39, 0.29) is 33.8 Å². The van der Waals surface area contributed by atoms with Gasteiger partial charge in [-0.3, -0.25) is 14.5 Å². The van der Waals surface area contributed by atoms with Gasteiger partial charge in [0.05, 0.1) is 35.4 Å². The van der Waals surface area contributed by atoms with Crippen molar-refractivity contribution in [3.8, 4) is 11.5 Å². The Bertz CT molecular complexity index is 1430. The fourth-order valence-corrected chi connectivity index (χ4v) is 4.93. The molecule has 192 valence electrons. The molecule has 3 aromatic rings. The van der Waals surface area contributed by atoms with Crippen LogP contribution in [0.15, 0.2) is 60.2 Å². The number of carbonyl (C=O) groups is 2. The number of ether oxygens (including phenoxy) is 2. The van der Waals surface area contributed by atoms with Crippen LogP contribution in [0, 0.1) is 20.8 Å². The van der Waals surface area contributed by atoms with E-state index in [0.29, 0.717) is 17.0 Å². The van der Waals surface area contributed by atoms with Crippen molar-refractivity contribution in [3.63, 3.8) is 0 Å². The van der Waals surface area contributed by atoms with Crippen molar-refractivity contribution in [2.75, 3.05) is 12.0 Å². The molecule has 7 heteroatoms. The van der Waals surface area contributed by atoms with Gasteiger partial charge in [-0.15, -0.1) is 0 Å². The SMILES string of the molecule is COc1c(Cl)cc(C)cc1/C(O)=C1\C(=O)C(=O)N(c2ccc(C)c(C)c2)C1c1cccc(OC(C)C)c1. The summed E-state index contributed by atoms with van der Waals surface area (Å²) in [6, 6.07) is 15.3. The van der Waals surface area contributed by atoms with Gasteiger partial charge in [-0.25, -0.2) is 0 Å². The molecule has 0 spiro atoms. The van der Waals surface area contributed by atoms with Gasteiger partial charge in [0.25, 0.3) is 11.7 Å². The third-order valence-electron chi connectivity index (χ3n) is 6.41. The number of halogens is 1. The van der Waals surface area contributed by atoms with Crippen LogP contribution >= 0.6 is 11.6 Å². The second kappa shape index (κ2) is 10.3. The minimum Gasteiger partial charge on any atom is -0.507 e. The molecule has 0 aliphatic carbocycles. The van der Waals surface area contributed by atoms with Crippen LogP contribution < -0.4 is 14.4 Å². The maximum Gasteiger partial charge on any atom is 0.300 e. The van der Waals surface area contributed by atoms with E-state index in [1.54, 1.807) is 30.3 Å². The fourth-order valence-electron chi connectivity index (χ4n) is 4.58. The first-order chi connectivity index (χ1) is 17.5. The zero-order valence-corrected chi connectivity index (χ0v) is 22.5. The number of aryl methyl sites for hydroxylation is 3. The highest BCUT2D eigenvalue weighted by Crippen LogP contribution is 2.45. The summed E-state index contributed by atoms with van der Waals surface area (Å²) in [7, 11) is 1.44. The summed E-state index contributed by atoms with van der Waals surface area (Å²) in [5, 5.41) is 11.9. The molecular weight excluding hydrogens is 490 g/mol. The second-order valence-electron chi connectivity index (χ2n) is 9.50. The highest BCUT2D eigenvalue weighted by atomic mass is 35.5. The highest BCUT2D eigenvalue weighted by Gasteiger charge is 2.47. The lowest BCUT2D eigenvalue weighted by molar-refractivity contribution is -0.132. The summed E-state index contributed by atoms with van der Waals surface area (Å²) >= 11 is 6.39. The molecule has 0 saturated carbocycles. The molecule has 6 nitrogen and oxygen atoms in total. The lowest BCUT2D eigenvalue weighted by atomic mass is 9.94. The standard InChI is InChI=1S/C30H30ClNO5/c1-16(2)37-22-9-7-8-20(15-22)26-25(27(33)23-12-17(3)13-24(31)29(23)36-6)28(34)30(35)32(26)21-11-10-18(4)19(5)14-21/h7-16,26,33H,1-6H3/b27-25+. The van der Waals surface area contributed by atoms with Crippen molar-refractivity contribution in [2.24, 2.45) is 0 Å². The highest BCUT2D eigenvalue weighted by molar-refractivity contribution is 6.51. The Kier molecular flexibility index (Phi) is 7.32. The van der Waals surface area contributed by atoms with Gasteiger partial charge in [0.2, 0.25) is 0 Å². The number of aliphatic hydroxyl groups excluding tert-OH is 1. The van der Waals surface area contributed by atoms with E-state index in [4.69, 9.17) is 21.1 Å². The minimum absolute atomic E-state index is 0.0510. The molecule has 1 atom stereocenters. The molecule has 1 saturated heterocycles. The molecule has 3 aromatic carbocycles. The van der Waals surface area contributed by atoms with Crippen LogP contribution in [0.25, 0.3) is 5.76 Å². The van der Waals surface area contributed by atoms with Crippen molar-refractivity contribution < 1.29 is 24.2 Å². The Hall–Kier alpha value is -3.77. The molecule has 0 aromatic heterocycles.